The number of hydrogen-bond donors (Lipinski definition) is 2. The van der Waals surface area contributed by atoms with Gasteiger partial charge in [-0.25, -0.2) is 13.6 Å². The number of piperidine rings is 1. The first kappa shape index (κ1) is 22.5. The lowest BCUT2D eigenvalue weighted by molar-refractivity contribution is -0.174. The second-order valence-electron chi connectivity index (χ2n) is 8.79. The smallest absolute Gasteiger partial charge is 0.321 e. The van der Waals surface area contributed by atoms with Crippen LogP contribution in [-0.2, 0) is 4.79 Å². The lowest BCUT2D eigenvalue weighted by Crippen LogP contribution is -2.66. The number of benzene rings is 1. The Labute approximate surface area is 200 Å². The number of pyridine rings is 1. The average Bonchev–Trinajstić information content (AvgIpc) is 2.86. The Kier molecular flexibility index (Phi) is 5.68. The molecule has 1 aromatic carbocycles. The Bertz CT molecular complexity index is 1260. The van der Waals surface area contributed by atoms with Crippen LogP contribution in [0.5, 0.6) is 0 Å². The molecule has 0 bridgehead atoms. The van der Waals surface area contributed by atoms with Crippen molar-refractivity contribution in [2.75, 3.05) is 25.0 Å². The number of amides is 3. The maximum absolute atomic E-state index is 13.6. The molecule has 2 saturated heterocycles. The van der Waals surface area contributed by atoms with Gasteiger partial charge in [0.05, 0.1) is 29.3 Å². The number of β-lactam (4-membered cyclic amide) rings is 1. The summed E-state index contributed by atoms with van der Waals surface area (Å²) in [5, 5.41) is 14.9. The van der Waals surface area contributed by atoms with Gasteiger partial charge in [-0.3, -0.25) is 9.78 Å². The first-order valence-electron chi connectivity index (χ1n) is 11.2. The summed E-state index contributed by atoms with van der Waals surface area (Å²) < 4.78 is 27.0. The van der Waals surface area contributed by atoms with E-state index in [1.165, 1.54) is 4.90 Å². The Morgan fingerprint density at radius 1 is 1.20 bits per heavy atom. The monoisotopic (exact) mass is 476 g/mol. The number of halogens is 2. The van der Waals surface area contributed by atoms with E-state index in [0.29, 0.717) is 43.7 Å². The van der Waals surface area contributed by atoms with E-state index < -0.39 is 23.1 Å². The molecule has 4 heterocycles. The first-order valence-corrected chi connectivity index (χ1v) is 11.2. The average molecular weight is 476 g/mol. The van der Waals surface area contributed by atoms with Crippen molar-refractivity contribution >= 4 is 17.6 Å². The largest absolute Gasteiger partial charge is 0.384 e. The number of nitrogens with zero attached hydrogens (tertiary/aromatic N) is 4. The fourth-order valence-corrected chi connectivity index (χ4v) is 5.09. The van der Waals surface area contributed by atoms with Crippen molar-refractivity contribution in [3.05, 3.63) is 83.5 Å². The lowest BCUT2D eigenvalue weighted by atomic mass is 9.63. The number of dihydropyridines is 1. The molecule has 1 spiro atoms. The summed E-state index contributed by atoms with van der Waals surface area (Å²) in [6, 6.07) is 9.66. The third-order valence-corrected chi connectivity index (χ3v) is 6.75. The fraction of sp³-hybridized carbons (Fsp3) is 0.280. The Morgan fingerprint density at radius 2 is 1.94 bits per heavy atom. The summed E-state index contributed by atoms with van der Waals surface area (Å²) in [7, 11) is 0. The van der Waals surface area contributed by atoms with Gasteiger partial charge < -0.3 is 20.4 Å². The SMILES string of the molecule is N#CC1=CNCC(N2C(=O)C3(CCN(C(=O)Nc4cc(F)cc(F)c4)CC3)C2c2ccccn2)=C1. The molecule has 3 aliphatic rings. The summed E-state index contributed by atoms with van der Waals surface area (Å²) in [6.07, 6.45) is 5.82. The molecule has 35 heavy (non-hydrogen) atoms. The zero-order valence-electron chi connectivity index (χ0n) is 18.7. The molecule has 8 nitrogen and oxygen atoms in total. The van der Waals surface area contributed by atoms with Crippen molar-refractivity contribution in [3.63, 3.8) is 0 Å². The van der Waals surface area contributed by atoms with Gasteiger partial charge in [-0.2, -0.15) is 5.26 Å². The number of carbonyl (C=O) groups is 2. The topological polar surface area (TPSA) is 101 Å². The van der Waals surface area contributed by atoms with Gasteiger partial charge in [-0.1, -0.05) is 6.07 Å². The first-order chi connectivity index (χ1) is 16.9. The third kappa shape index (κ3) is 3.99. The number of carbonyl (C=O) groups excluding carboxylic acids is 2. The van der Waals surface area contributed by atoms with Crippen LogP contribution in [0.15, 0.2) is 66.1 Å². The normalized spacial score (nSPS) is 20.8. The number of nitriles is 1. The predicted molar refractivity (Wildman–Crippen MR) is 122 cm³/mol. The van der Waals surface area contributed by atoms with Crippen LogP contribution < -0.4 is 10.6 Å². The molecule has 10 heteroatoms. The fourth-order valence-electron chi connectivity index (χ4n) is 5.09. The maximum Gasteiger partial charge on any atom is 0.321 e. The van der Waals surface area contributed by atoms with Crippen LogP contribution in [0.3, 0.4) is 0 Å². The highest BCUT2D eigenvalue weighted by Gasteiger charge is 2.63. The summed E-state index contributed by atoms with van der Waals surface area (Å²) in [6.45, 7) is 1.01. The third-order valence-electron chi connectivity index (χ3n) is 6.75. The van der Waals surface area contributed by atoms with Crippen LogP contribution in [-0.4, -0.2) is 46.4 Å². The van der Waals surface area contributed by atoms with Crippen molar-refractivity contribution in [3.8, 4) is 6.07 Å². The van der Waals surface area contributed by atoms with E-state index >= 15 is 0 Å². The molecule has 3 aliphatic heterocycles. The van der Waals surface area contributed by atoms with Gasteiger partial charge in [-0.15, -0.1) is 0 Å². The molecule has 1 aromatic heterocycles. The van der Waals surface area contributed by atoms with Crippen molar-refractivity contribution in [2.24, 2.45) is 5.41 Å². The van der Waals surface area contributed by atoms with Crippen molar-refractivity contribution in [1.29, 1.82) is 5.26 Å². The van der Waals surface area contributed by atoms with Crippen molar-refractivity contribution in [2.45, 2.75) is 18.9 Å². The van der Waals surface area contributed by atoms with E-state index in [4.69, 9.17) is 0 Å². The molecule has 178 valence electrons. The maximum atomic E-state index is 13.6. The number of likely N-dealkylation sites (tertiary alicyclic amines) is 2. The van der Waals surface area contributed by atoms with Crippen LogP contribution >= 0.6 is 0 Å². The van der Waals surface area contributed by atoms with Gasteiger partial charge in [0.25, 0.3) is 0 Å². The molecular weight excluding hydrogens is 454 g/mol. The van der Waals surface area contributed by atoms with E-state index in [9.17, 15) is 23.6 Å². The second-order valence-corrected chi connectivity index (χ2v) is 8.79. The molecule has 2 N–H and O–H groups in total. The zero-order chi connectivity index (χ0) is 24.6. The van der Waals surface area contributed by atoms with E-state index in [1.54, 1.807) is 29.4 Å². The minimum Gasteiger partial charge on any atom is -0.384 e. The number of anilines is 1. The van der Waals surface area contributed by atoms with Crippen LogP contribution in [0.25, 0.3) is 0 Å². The highest BCUT2D eigenvalue weighted by atomic mass is 19.1. The van der Waals surface area contributed by atoms with Crippen LogP contribution in [0.4, 0.5) is 19.3 Å². The number of hydrogen-bond acceptors (Lipinski definition) is 5. The summed E-state index contributed by atoms with van der Waals surface area (Å²) in [5.74, 6) is -1.62. The molecule has 3 amide bonds. The van der Waals surface area contributed by atoms with Crippen LogP contribution in [0.1, 0.15) is 24.6 Å². The number of rotatable bonds is 3. The molecule has 2 fully saturated rings. The quantitative estimate of drug-likeness (QED) is 0.661. The second kappa shape index (κ2) is 8.83. The summed E-state index contributed by atoms with van der Waals surface area (Å²) in [5.41, 5.74) is 1.17. The molecule has 1 unspecified atom stereocenters. The molecule has 0 saturated carbocycles. The van der Waals surface area contributed by atoms with Crippen LogP contribution in [0, 0.1) is 28.4 Å². The molecular formula is C25H22F2N6O2. The summed E-state index contributed by atoms with van der Waals surface area (Å²) in [4.78, 5) is 34.1. The number of aromatic nitrogens is 1. The Hall–Kier alpha value is -4.26. The lowest BCUT2D eigenvalue weighted by Gasteiger charge is -2.59. The van der Waals surface area contributed by atoms with Gasteiger partial charge in [-0.05, 0) is 43.2 Å². The molecule has 1 atom stereocenters. The number of nitrogens with one attached hydrogen (secondary N) is 2. The van der Waals surface area contributed by atoms with E-state index in [1.807, 2.05) is 12.1 Å². The number of allylic oxidation sites excluding steroid dienone is 2. The van der Waals surface area contributed by atoms with Gasteiger partial charge in [0.2, 0.25) is 5.91 Å². The van der Waals surface area contributed by atoms with Crippen molar-refractivity contribution in [1.82, 2.24) is 20.1 Å². The van der Waals surface area contributed by atoms with Crippen molar-refractivity contribution < 1.29 is 18.4 Å². The van der Waals surface area contributed by atoms with Gasteiger partial charge in [0, 0.05) is 42.9 Å². The van der Waals surface area contributed by atoms with Crippen LogP contribution in [0.2, 0.25) is 0 Å². The highest BCUT2D eigenvalue weighted by Crippen LogP contribution is 2.57. The molecule has 5 rings (SSSR count). The minimum absolute atomic E-state index is 0.0307. The standard InChI is InChI=1S/C25H22F2N6O2/c26-17-10-18(27)12-19(11-17)31-24(35)32-7-4-25(5-8-32)22(21-3-1-2-6-30-21)33(23(25)34)20-9-16(13-28)14-29-15-20/h1-3,6,9-12,14,22,29H,4-5,7-8,15H2,(H,31,35). The summed E-state index contributed by atoms with van der Waals surface area (Å²) >= 11 is 0. The zero-order valence-corrected chi connectivity index (χ0v) is 18.7. The van der Waals surface area contributed by atoms with Gasteiger partial charge in [0.1, 0.15) is 17.7 Å². The van der Waals surface area contributed by atoms with E-state index in [-0.39, 0.29) is 17.6 Å². The minimum atomic E-state index is -0.780. The molecule has 0 aliphatic carbocycles. The number of urea groups is 1. The molecule has 0 radical (unpaired) electrons. The Balaban J connectivity index is 1.36. The molecule has 2 aromatic rings. The van der Waals surface area contributed by atoms with Gasteiger partial charge in [0.15, 0.2) is 0 Å². The van der Waals surface area contributed by atoms with Gasteiger partial charge >= 0.3 is 6.03 Å². The van der Waals surface area contributed by atoms with E-state index in [2.05, 4.69) is 21.7 Å². The Morgan fingerprint density at radius 3 is 2.60 bits per heavy atom. The van der Waals surface area contributed by atoms with E-state index in [0.717, 1.165) is 23.9 Å². The highest BCUT2D eigenvalue weighted by molar-refractivity contribution is 5.93. The predicted octanol–water partition coefficient (Wildman–Crippen LogP) is 3.45.